The first-order chi connectivity index (χ1) is 14.8. The molecule has 0 bridgehead atoms. The molecule has 0 saturated carbocycles. The summed E-state index contributed by atoms with van der Waals surface area (Å²) in [7, 11) is 0. The number of amides is 1. The number of hydrogen-bond donors (Lipinski definition) is 1. The molecule has 1 amide bonds. The van der Waals surface area contributed by atoms with Crippen LogP contribution in [-0.4, -0.2) is 12.5 Å². The Morgan fingerprint density at radius 1 is 0.733 bits per heavy atom. The summed E-state index contributed by atoms with van der Waals surface area (Å²) in [6.07, 6.45) is 29.9. The standard InChI is InChI=1S/C28H41NO/c1-2-3-4-5-6-7-8-9-10-11-12-13-14-15-16-17-18-22-25-29-28(30)26-27-23-20-19-21-24-27/h6-7,9-10,12-13,15-16,19-21,23-24H,2-5,8,11,14,17-18,22,25-26H2,1H3,(H,29,30)/b7-6-,10-9-,13-12-,16-15-. The van der Waals surface area contributed by atoms with Crippen LogP contribution in [0.5, 0.6) is 0 Å². The first-order valence-corrected chi connectivity index (χ1v) is 11.7. The summed E-state index contributed by atoms with van der Waals surface area (Å²) in [6.45, 7) is 3.01. The van der Waals surface area contributed by atoms with Crippen LogP contribution in [0, 0.1) is 0 Å². The topological polar surface area (TPSA) is 29.1 Å². The lowest BCUT2D eigenvalue weighted by Crippen LogP contribution is -2.25. The molecule has 2 heteroatoms. The van der Waals surface area contributed by atoms with E-state index in [2.05, 4.69) is 60.8 Å². The van der Waals surface area contributed by atoms with Crippen LogP contribution in [0.25, 0.3) is 0 Å². The van der Waals surface area contributed by atoms with Gasteiger partial charge in [-0.3, -0.25) is 4.79 Å². The Balaban J connectivity index is 1.90. The van der Waals surface area contributed by atoms with Crippen LogP contribution in [0.1, 0.15) is 76.7 Å². The highest BCUT2D eigenvalue weighted by Crippen LogP contribution is 2.02. The van der Waals surface area contributed by atoms with E-state index in [1.165, 1.54) is 25.7 Å². The predicted molar refractivity (Wildman–Crippen MR) is 132 cm³/mol. The molecule has 1 rings (SSSR count). The van der Waals surface area contributed by atoms with Crippen LogP contribution in [0.3, 0.4) is 0 Å². The van der Waals surface area contributed by atoms with Crippen LogP contribution in [-0.2, 0) is 11.2 Å². The molecule has 1 aromatic carbocycles. The second kappa shape index (κ2) is 19.9. The van der Waals surface area contributed by atoms with Crippen LogP contribution in [0.2, 0.25) is 0 Å². The highest BCUT2D eigenvalue weighted by molar-refractivity contribution is 5.78. The average molecular weight is 408 g/mol. The van der Waals surface area contributed by atoms with Crippen LogP contribution < -0.4 is 5.32 Å². The molecule has 0 heterocycles. The Morgan fingerprint density at radius 2 is 1.27 bits per heavy atom. The van der Waals surface area contributed by atoms with E-state index in [0.717, 1.165) is 50.6 Å². The third-order valence-corrected chi connectivity index (χ3v) is 4.78. The van der Waals surface area contributed by atoms with Gasteiger partial charge in [0.25, 0.3) is 0 Å². The van der Waals surface area contributed by atoms with Gasteiger partial charge in [-0.1, -0.05) is 98.7 Å². The second-order valence-electron chi connectivity index (χ2n) is 7.60. The van der Waals surface area contributed by atoms with Crippen molar-refractivity contribution in [1.29, 1.82) is 0 Å². The van der Waals surface area contributed by atoms with E-state index in [4.69, 9.17) is 0 Å². The van der Waals surface area contributed by atoms with Crippen molar-refractivity contribution >= 4 is 5.91 Å². The lowest BCUT2D eigenvalue weighted by atomic mass is 10.1. The molecule has 0 aliphatic rings. The number of nitrogens with one attached hydrogen (secondary N) is 1. The molecule has 0 unspecified atom stereocenters. The fourth-order valence-electron chi connectivity index (χ4n) is 3.02. The van der Waals surface area contributed by atoms with Crippen LogP contribution >= 0.6 is 0 Å². The molecule has 1 N–H and O–H groups in total. The maximum Gasteiger partial charge on any atom is 0.224 e. The zero-order chi connectivity index (χ0) is 21.5. The van der Waals surface area contributed by atoms with Gasteiger partial charge in [-0.15, -0.1) is 0 Å². The summed E-state index contributed by atoms with van der Waals surface area (Å²) in [5.41, 5.74) is 1.07. The van der Waals surface area contributed by atoms with Crippen molar-refractivity contribution in [3.8, 4) is 0 Å². The molecule has 164 valence electrons. The zero-order valence-electron chi connectivity index (χ0n) is 18.9. The number of carbonyl (C=O) groups excluding carboxylic acids is 1. The first kappa shape index (κ1) is 25.7. The quantitative estimate of drug-likeness (QED) is 0.210. The van der Waals surface area contributed by atoms with Crippen molar-refractivity contribution in [3.05, 3.63) is 84.5 Å². The first-order valence-electron chi connectivity index (χ1n) is 11.7. The number of rotatable bonds is 17. The Labute approximate surface area is 184 Å². The number of carbonyl (C=O) groups is 1. The monoisotopic (exact) mass is 407 g/mol. The lowest BCUT2D eigenvalue weighted by Gasteiger charge is -2.04. The van der Waals surface area contributed by atoms with Crippen molar-refractivity contribution < 1.29 is 4.79 Å². The highest BCUT2D eigenvalue weighted by Gasteiger charge is 2.01. The molecular formula is C28H41NO. The van der Waals surface area contributed by atoms with Crippen molar-refractivity contribution in [2.24, 2.45) is 0 Å². The minimum absolute atomic E-state index is 0.110. The summed E-state index contributed by atoms with van der Waals surface area (Å²) in [6, 6.07) is 9.88. The van der Waals surface area contributed by atoms with Crippen LogP contribution in [0.4, 0.5) is 0 Å². The van der Waals surface area contributed by atoms with Crippen molar-refractivity contribution in [1.82, 2.24) is 5.32 Å². The minimum Gasteiger partial charge on any atom is -0.356 e. The fraction of sp³-hybridized carbons (Fsp3) is 0.464. The molecule has 0 aliphatic heterocycles. The SMILES string of the molecule is CCCCC/C=C\C/C=C\C/C=C\C/C=C\CCCCNC(=O)Cc1ccccc1. The molecule has 0 fully saturated rings. The maximum atomic E-state index is 11.9. The van der Waals surface area contributed by atoms with E-state index in [-0.39, 0.29) is 5.91 Å². The Kier molecular flexibility index (Phi) is 17.1. The van der Waals surface area contributed by atoms with Gasteiger partial charge in [0.05, 0.1) is 6.42 Å². The second-order valence-corrected chi connectivity index (χ2v) is 7.60. The van der Waals surface area contributed by atoms with Crippen LogP contribution in [0.15, 0.2) is 78.9 Å². The van der Waals surface area contributed by atoms with Crippen molar-refractivity contribution in [3.63, 3.8) is 0 Å². The lowest BCUT2D eigenvalue weighted by molar-refractivity contribution is -0.120. The summed E-state index contributed by atoms with van der Waals surface area (Å²) in [5, 5.41) is 3.00. The zero-order valence-corrected chi connectivity index (χ0v) is 18.9. The molecule has 0 saturated heterocycles. The molecular weight excluding hydrogens is 366 g/mol. The molecule has 0 aliphatic carbocycles. The largest absolute Gasteiger partial charge is 0.356 e. The predicted octanol–water partition coefficient (Wildman–Crippen LogP) is 7.49. The molecule has 0 atom stereocenters. The molecule has 2 nitrogen and oxygen atoms in total. The van der Waals surface area contributed by atoms with Gasteiger partial charge in [-0.05, 0) is 56.9 Å². The van der Waals surface area contributed by atoms with Gasteiger partial charge in [-0.2, -0.15) is 0 Å². The van der Waals surface area contributed by atoms with E-state index >= 15 is 0 Å². The third-order valence-electron chi connectivity index (χ3n) is 4.78. The highest BCUT2D eigenvalue weighted by atomic mass is 16.1. The van der Waals surface area contributed by atoms with Gasteiger partial charge in [-0.25, -0.2) is 0 Å². The maximum absolute atomic E-state index is 11.9. The van der Waals surface area contributed by atoms with E-state index in [9.17, 15) is 4.79 Å². The molecule has 0 aromatic heterocycles. The van der Waals surface area contributed by atoms with Crippen molar-refractivity contribution in [2.75, 3.05) is 6.54 Å². The fourth-order valence-corrected chi connectivity index (χ4v) is 3.02. The van der Waals surface area contributed by atoms with E-state index in [1.54, 1.807) is 0 Å². The van der Waals surface area contributed by atoms with Gasteiger partial charge < -0.3 is 5.32 Å². The van der Waals surface area contributed by atoms with Gasteiger partial charge in [0.2, 0.25) is 5.91 Å². The molecule has 0 spiro atoms. The molecule has 30 heavy (non-hydrogen) atoms. The summed E-state index contributed by atoms with van der Waals surface area (Å²) in [4.78, 5) is 11.9. The van der Waals surface area contributed by atoms with E-state index < -0.39 is 0 Å². The summed E-state index contributed by atoms with van der Waals surface area (Å²) in [5.74, 6) is 0.110. The number of unbranched alkanes of at least 4 members (excludes halogenated alkanes) is 5. The normalized spacial score (nSPS) is 12.0. The summed E-state index contributed by atoms with van der Waals surface area (Å²) < 4.78 is 0. The van der Waals surface area contributed by atoms with Gasteiger partial charge in [0.15, 0.2) is 0 Å². The van der Waals surface area contributed by atoms with Gasteiger partial charge >= 0.3 is 0 Å². The number of hydrogen-bond acceptors (Lipinski definition) is 1. The number of benzene rings is 1. The smallest absolute Gasteiger partial charge is 0.224 e. The Morgan fingerprint density at radius 3 is 1.83 bits per heavy atom. The third kappa shape index (κ3) is 16.6. The van der Waals surface area contributed by atoms with Gasteiger partial charge in [0, 0.05) is 6.54 Å². The van der Waals surface area contributed by atoms with E-state index in [1.807, 2.05) is 30.3 Å². The average Bonchev–Trinajstić information content (AvgIpc) is 2.76. The van der Waals surface area contributed by atoms with Crippen molar-refractivity contribution in [2.45, 2.75) is 77.6 Å². The van der Waals surface area contributed by atoms with E-state index in [0.29, 0.717) is 6.42 Å². The number of allylic oxidation sites excluding steroid dienone is 8. The molecule has 1 aromatic rings. The Bertz CT molecular complexity index is 640. The molecule has 0 radical (unpaired) electrons. The summed E-state index contributed by atoms with van der Waals surface area (Å²) >= 11 is 0. The minimum atomic E-state index is 0.110. The van der Waals surface area contributed by atoms with Gasteiger partial charge in [0.1, 0.15) is 0 Å². The Hall–Kier alpha value is -2.35.